The van der Waals surface area contributed by atoms with Crippen molar-refractivity contribution in [1.29, 1.82) is 0 Å². The van der Waals surface area contributed by atoms with E-state index in [1.165, 1.54) is 21.5 Å². The molecule has 0 spiro atoms. The monoisotopic (exact) mass is 417 g/mol. The second kappa shape index (κ2) is 8.94. The molecule has 4 aromatic rings. The molecule has 0 saturated carbocycles. The molecule has 32 heavy (non-hydrogen) atoms. The third-order valence-corrected chi connectivity index (χ3v) is 6.22. The molecule has 1 aliphatic rings. The SMILES string of the molecule is CCCN1CC(=Cc2cccc3ccccc23)C(=O)/C(=C/c2cccc3ccccc23)C1. The number of carbonyl (C=O) groups excluding carboxylic acids is 1. The fraction of sp³-hybridized carbons (Fsp3) is 0.167. The van der Waals surface area contributed by atoms with Gasteiger partial charge in [-0.05, 0) is 57.8 Å². The zero-order valence-electron chi connectivity index (χ0n) is 18.4. The van der Waals surface area contributed by atoms with Crippen molar-refractivity contribution in [2.75, 3.05) is 19.6 Å². The van der Waals surface area contributed by atoms with Crippen molar-refractivity contribution in [3.8, 4) is 0 Å². The molecule has 0 aromatic heterocycles. The average molecular weight is 418 g/mol. The van der Waals surface area contributed by atoms with Gasteiger partial charge in [-0.1, -0.05) is 91.9 Å². The van der Waals surface area contributed by atoms with Gasteiger partial charge in [0.15, 0.2) is 5.78 Å². The van der Waals surface area contributed by atoms with E-state index >= 15 is 0 Å². The van der Waals surface area contributed by atoms with Crippen LogP contribution in [0.25, 0.3) is 33.7 Å². The highest BCUT2D eigenvalue weighted by Gasteiger charge is 2.26. The Morgan fingerprint density at radius 2 is 1.16 bits per heavy atom. The van der Waals surface area contributed by atoms with E-state index in [-0.39, 0.29) is 5.78 Å². The second-order valence-corrected chi connectivity index (χ2v) is 8.52. The molecule has 1 fully saturated rings. The fourth-order valence-corrected chi connectivity index (χ4v) is 4.71. The van der Waals surface area contributed by atoms with Gasteiger partial charge in [0.05, 0.1) is 0 Å². The minimum atomic E-state index is 0.165. The van der Waals surface area contributed by atoms with E-state index in [9.17, 15) is 4.79 Å². The van der Waals surface area contributed by atoms with Crippen molar-refractivity contribution < 1.29 is 4.79 Å². The maximum atomic E-state index is 13.6. The number of piperidine rings is 1. The van der Waals surface area contributed by atoms with Gasteiger partial charge in [-0.3, -0.25) is 9.69 Å². The van der Waals surface area contributed by atoms with Gasteiger partial charge in [-0.15, -0.1) is 0 Å². The molecule has 5 rings (SSSR count). The first-order valence-electron chi connectivity index (χ1n) is 11.4. The molecular formula is C30H27NO. The number of hydrogen-bond donors (Lipinski definition) is 0. The molecule has 0 unspecified atom stereocenters. The van der Waals surface area contributed by atoms with Gasteiger partial charge in [0, 0.05) is 24.2 Å². The summed E-state index contributed by atoms with van der Waals surface area (Å²) in [5, 5.41) is 4.76. The van der Waals surface area contributed by atoms with Crippen LogP contribution in [0, 0.1) is 0 Å². The first-order valence-corrected chi connectivity index (χ1v) is 11.4. The second-order valence-electron chi connectivity index (χ2n) is 8.52. The molecule has 2 heteroatoms. The van der Waals surface area contributed by atoms with Gasteiger partial charge < -0.3 is 0 Å². The molecule has 0 radical (unpaired) electrons. The number of fused-ring (bicyclic) bond motifs is 2. The van der Waals surface area contributed by atoms with Crippen LogP contribution in [-0.2, 0) is 4.79 Å². The predicted octanol–water partition coefficient (Wildman–Crippen LogP) is 6.75. The maximum absolute atomic E-state index is 13.6. The molecule has 0 amide bonds. The molecule has 0 atom stereocenters. The van der Waals surface area contributed by atoms with Gasteiger partial charge in [-0.2, -0.15) is 0 Å². The Morgan fingerprint density at radius 1 is 0.688 bits per heavy atom. The van der Waals surface area contributed by atoms with Crippen LogP contribution in [0.1, 0.15) is 24.5 Å². The quantitative estimate of drug-likeness (QED) is 0.342. The summed E-state index contributed by atoms with van der Waals surface area (Å²) < 4.78 is 0. The van der Waals surface area contributed by atoms with Crippen molar-refractivity contribution in [3.05, 3.63) is 107 Å². The number of hydrogen-bond acceptors (Lipinski definition) is 2. The normalized spacial score (nSPS) is 17.6. The fourth-order valence-electron chi connectivity index (χ4n) is 4.71. The largest absolute Gasteiger partial charge is 0.295 e. The Hall–Kier alpha value is -3.49. The van der Waals surface area contributed by atoms with Crippen LogP contribution in [-0.4, -0.2) is 30.3 Å². The number of likely N-dealkylation sites (tertiary alicyclic amines) is 1. The van der Waals surface area contributed by atoms with Crippen molar-refractivity contribution in [2.24, 2.45) is 0 Å². The predicted molar refractivity (Wildman–Crippen MR) is 136 cm³/mol. The van der Waals surface area contributed by atoms with Crippen LogP contribution in [0.5, 0.6) is 0 Å². The number of carbonyl (C=O) groups is 1. The lowest BCUT2D eigenvalue weighted by atomic mass is 9.92. The Morgan fingerprint density at radius 3 is 1.66 bits per heavy atom. The summed E-state index contributed by atoms with van der Waals surface area (Å²) in [5.41, 5.74) is 3.95. The highest BCUT2D eigenvalue weighted by atomic mass is 16.1. The average Bonchev–Trinajstić information content (AvgIpc) is 2.82. The summed E-state index contributed by atoms with van der Waals surface area (Å²) in [6.45, 7) is 4.57. The summed E-state index contributed by atoms with van der Waals surface area (Å²) in [7, 11) is 0. The summed E-state index contributed by atoms with van der Waals surface area (Å²) in [6, 6.07) is 29.3. The van der Waals surface area contributed by atoms with Crippen molar-refractivity contribution in [3.63, 3.8) is 0 Å². The zero-order valence-corrected chi connectivity index (χ0v) is 18.4. The van der Waals surface area contributed by atoms with Gasteiger partial charge in [0.2, 0.25) is 0 Å². The van der Waals surface area contributed by atoms with Crippen LogP contribution in [0.3, 0.4) is 0 Å². The van der Waals surface area contributed by atoms with E-state index in [1.807, 2.05) is 0 Å². The van der Waals surface area contributed by atoms with Gasteiger partial charge in [0.1, 0.15) is 0 Å². The summed E-state index contributed by atoms with van der Waals surface area (Å²) >= 11 is 0. The molecule has 4 aromatic carbocycles. The minimum absolute atomic E-state index is 0.165. The first kappa shape index (κ1) is 20.4. The van der Waals surface area contributed by atoms with E-state index in [2.05, 4.69) is 109 Å². The topological polar surface area (TPSA) is 20.3 Å². The maximum Gasteiger partial charge on any atom is 0.187 e. The zero-order chi connectivity index (χ0) is 21.9. The van der Waals surface area contributed by atoms with E-state index in [0.717, 1.165) is 35.2 Å². The molecule has 158 valence electrons. The molecule has 1 saturated heterocycles. The molecule has 0 bridgehead atoms. The third kappa shape index (κ3) is 4.02. The van der Waals surface area contributed by atoms with Crippen molar-refractivity contribution >= 4 is 39.5 Å². The summed E-state index contributed by atoms with van der Waals surface area (Å²) in [6.07, 6.45) is 5.27. The Kier molecular flexibility index (Phi) is 5.70. The van der Waals surface area contributed by atoms with E-state index < -0.39 is 0 Å². The highest BCUT2D eigenvalue weighted by Crippen LogP contribution is 2.27. The Balaban J connectivity index is 1.59. The number of ketones is 1. The lowest BCUT2D eigenvalue weighted by Gasteiger charge is -2.29. The van der Waals surface area contributed by atoms with Crippen molar-refractivity contribution in [1.82, 2.24) is 4.90 Å². The standard InChI is InChI=1S/C30H27NO/c1-2-17-31-20-26(18-24-13-7-11-22-9-3-5-15-28(22)24)30(32)27(21-31)19-25-14-8-12-23-10-4-6-16-29(23)25/h3-16,18-19H,2,17,20-21H2,1H3/b26-18+,27-19?. The molecule has 1 heterocycles. The molecule has 1 aliphatic heterocycles. The highest BCUT2D eigenvalue weighted by molar-refractivity contribution is 6.16. The molecular weight excluding hydrogens is 390 g/mol. The van der Waals surface area contributed by atoms with Gasteiger partial charge >= 0.3 is 0 Å². The van der Waals surface area contributed by atoms with Crippen LogP contribution in [0.4, 0.5) is 0 Å². The Bertz CT molecular complexity index is 1250. The van der Waals surface area contributed by atoms with Crippen LogP contribution < -0.4 is 0 Å². The van der Waals surface area contributed by atoms with Gasteiger partial charge in [-0.25, -0.2) is 0 Å². The minimum Gasteiger partial charge on any atom is -0.295 e. The number of Topliss-reactive ketones (excluding diaryl/α,β-unsaturated/α-hetero) is 1. The van der Waals surface area contributed by atoms with Crippen LogP contribution in [0.15, 0.2) is 96.1 Å². The number of nitrogens with zero attached hydrogens (tertiary/aromatic N) is 1. The summed E-state index contributed by atoms with van der Waals surface area (Å²) in [4.78, 5) is 16.0. The van der Waals surface area contributed by atoms with E-state index in [4.69, 9.17) is 0 Å². The third-order valence-electron chi connectivity index (χ3n) is 6.22. The smallest absolute Gasteiger partial charge is 0.187 e. The van der Waals surface area contributed by atoms with Crippen LogP contribution in [0.2, 0.25) is 0 Å². The lowest BCUT2D eigenvalue weighted by Crippen LogP contribution is -2.38. The van der Waals surface area contributed by atoms with Gasteiger partial charge in [0.25, 0.3) is 0 Å². The first-order chi connectivity index (χ1) is 15.7. The number of rotatable bonds is 4. The molecule has 0 N–H and O–H groups in total. The van der Waals surface area contributed by atoms with E-state index in [0.29, 0.717) is 13.1 Å². The van der Waals surface area contributed by atoms with Crippen LogP contribution >= 0.6 is 0 Å². The molecule has 0 aliphatic carbocycles. The summed E-state index contributed by atoms with van der Waals surface area (Å²) in [5.74, 6) is 0.165. The lowest BCUT2D eigenvalue weighted by molar-refractivity contribution is -0.113. The van der Waals surface area contributed by atoms with Crippen molar-refractivity contribution in [2.45, 2.75) is 13.3 Å². The number of benzene rings is 4. The van der Waals surface area contributed by atoms with E-state index in [1.54, 1.807) is 0 Å². The molecule has 2 nitrogen and oxygen atoms in total. The Labute approximate surface area is 189 Å².